The molecule has 0 spiro atoms. The lowest BCUT2D eigenvalue weighted by Crippen LogP contribution is -2.33. The Kier molecular flexibility index (Phi) is 3.31. The first-order chi connectivity index (χ1) is 7.65. The molecule has 1 aliphatic heterocycles. The van der Waals surface area contributed by atoms with Crippen molar-refractivity contribution in [3.63, 3.8) is 0 Å². The molecule has 1 heterocycles. The second-order valence-electron chi connectivity index (χ2n) is 3.82. The summed E-state index contributed by atoms with van der Waals surface area (Å²) in [5.41, 5.74) is 5.71. The summed E-state index contributed by atoms with van der Waals surface area (Å²) in [4.78, 5) is 13.3. The van der Waals surface area contributed by atoms with Gasteiger partial charge in [0.05, 0.1) is 0 Å². The second kappa shape index (κ2) is 4.72. The summed E-state index contributed by atoms with van der Waals surface area (Å²) in [6, 6.07) is 6.83. The molecular weight excluding hydrogens is 228 g/mol. The van der Waals surface area contributed by atoms with Gasteiger partial charge >= 0.3 is 6.09 Å². The lowest BCUT2D eigenvalue weighted by atomic mass is 10.3. The SMILES string of the molecule is NC1CCN(C(=O)Oc2cccc(Cl)c2)C1. The number of hydrogen-bond donors (Lipinski definition) is 1. The van der Waals surface area contributed by atoms with Crippen molar-refractivity contribution in [2.45, 2.75) is 12.5 Å². The van der Waals surface area contributed by atoms with Gasteiger partial charge in [-0.15, -0.1) is 0 Å². The molecule has 1 fully saturated rings. The molecule has 1 unspecified atom stereocenters. The highest BCUT2D eigenvalue weighted by Gasteiger charge is 2.24. The summed E-state index contributed by atoms with van der Waals surface area (Å²) < 4.78 is 5.17. The van der Waals surface area contributed by atoms with Gasteiger partial charge in [0.15, 0.2) is 0 Å². The Labute approximate surface area is 98.9 Å². The van der Waals surface area contributed by atoms with Crippen LogP contribution in [0.3, 0.4) is 0 Å². The van der Waals surface area contributed by atoms with Crippen LogP contribution >= 0.6 is 11.6 Å². The minimum absolute atomic E-state index is 0.0620. The fraction of sp³-hybridized carbons (Fsp3) is 0.364. The van der Waals surface area contributed by atoms with Gasteiger partial charge in [0, 0.05) is 24.2 Å². The number of amides is 1. The van der Waals surface area contributed by atoms with E-state index in [1.165, 1.54) is 0 Å². The van der Waals surface area contributed by atoms with Crippen LogP contribution in [-0.4, -0.2) is 30.1 Å². The third-order valence-corrected chi connectivity index (χ3v) is 2.72. The zero-order valence-corrected chi connectivity index (χ0v) is 9.48. The second-order valence-corrected chi connectivity index (χ2v) is 4.26. The normalized spacial score (nSPS) is 19.9. The van der Waals surface area contributed by atoms with Gasteiger partial charge in [0.2, 0.25) is 0 Å². The number of likely N-dealkylation sites (tertiary alicyclic amines) is 1. The van der Waals surface area contributed by atoms with Gasteiger partial charge in [0.25, 0.3) is 0 Å². The Balaban J connectivity index is 1.97. The quantitative estimate of drug-likeness (QED) is 0.815. The third kappa shape index (κ3) is 2.65. The lowest BCUT2D eigenvalue weighted by Gasteiger charge is -2.15. The number of ether oxygens (including phenoxy) is 1. The minimum atomic E-state index is -0.366. The summed E-state index contributed by atoms with van der Waals surface area (Å²) in [7, 11) is 0. The summed E-state index contributed by atoms with van der Waals surface area (Å²) in [5.74, 6) is 0.456. The van der Waals surface area contributed by atoms with E-state index in [9.17, 15) is 4.79 Å². The van der Waals surface area contributed by atoms with Crippen LogP contribution in [-0.2, 0) is 0 Å². The third-order valence-electron chi connectivity index (χ3n) is 2.48. The van der Waals surface area contributed by atoms with Crippen molar-refractivity contribution in [3.8, 4) is 5.75 Å². The zero-order valence-electron chi connectivity index (χ0n) is 8.73. The number of rotatable bonds is 1. The van der Waals surface area contributed by atoms with Crippen LogP contribution in [0.2, 0.25) is 5.02 Å². The van der Waals surface area contributed by atoms with Crippen molar-refractivity contribution in [3.05, 3.63) is 29.3 Å². The first-order valence-corrected chi connectivity index (χ1v) is 5.51. The molecule has 0 bridgehead atoms. The molecule has 4 nitrogen and oxygen atoms in total. The molecule has 1 aromatic carbocycles. The van der Waals surface area contributed by atoms with Crippen molar-refractivity contribution in [1.29, 1.82) is 0 Å². The first-order valence-electron chi connectivity index (χ1n) is 5.13. The number of carbonyl (C=O) groups is 1. The van der Waals surface area contributed by atoms with E-state index >= 15 is 0 Å². The van der Waals surface area contributed by atoms with Crippen molar-refractivity contribution in [1.82, 2.24) is 4.90 Å². The topological polar surface area (TPSA) is 55.6 Å². The molecule has 2 rings (SSSR count). The molecule has 0 saturated carbocycles. The fourth-order valence-corrected chi connectivity index (χ4v) is 1.83. The van der Waals surface area contributed by atoms with E-state index in [1.54, 1.807) is 29.2 Å². The molecule has 0 aliphatic carbocycles. The van der Waals surface area contributed by atoms with E-state index in [0.29, 0.717) is 23.9 Å². The van der Waals surface area contributed by atoms with Crippen LogP contribution in [0.15, 0.2) is 24.3 Å². The Bertz CT molecular complexity index is 397. The maximum Gasteiger partial charge on any atom is 0.415 e. The average Bonchev–Trinajstić information content (AvgIpc) is 2.65. The highest BCUT2D eigenvalue weighted by molar-refractivity contribution is 6.30. The Hall–Kier alpha value is -1.26. The van der Waals surface area contributed by atoms with Gasteiger partial charge in [-0.2, -0.15) is 0 Å². The van der Waals surface area contributed by atoms with Crippen LogP contribution < -0.4 is 10.5 Å². The fourth-order valence-electron chi connectivity index (χ4n) is 1.65. The molecule has 2 N–H and O–H groups in total. The molecule has 1 saturated heterocycles. The molecule has 16 heavy (non-hydrogen) atoms. The number of nitrogens with zero attached hydrogens (tertiary/aromatic N) is 1. The molecule has 0 aromatic heterocycles. The highest BCUT2D eigenvalue weighted by atomic mass is 35.5. The number of hydrogen-bond acceptors (Lipinski definition) is 3. The lowest BCUT2D eigenvalue weighted by molar-refractivity contribution is 0.162. The predicted molar refractivity (Wildman–Crippen MR) is 61.6 cm³/mol. The molecule has 0 radical (unpaired) electrons. The van der Waals surface area contributed by atoms with Gasteiger partial charge in [-0.1, -0.05) is 17.7 Å². The van der Waals surface area contributed by atoms with Gasteiger partial charge in [-0.3, -0.25) is 0 Å². The van der Waals surface area contributed by atoms with Crippen molar-refractivity contribution in [2.24, 2.45) is 5.73 Å². The van der Waals surface area contributed by atoms with Crippen LogP contribution in [0.1, 0.15) is 6.42 Å². The monoisotopic (exact) mass is 240 g/mol. The first kappa shape index (κ1) is 11.2. The largest absolute Gasteiger partial charge is 0.415 e. The van der Waals surface area contributed by atoms with Crippen LogP contribution in [0, 0.1) is 0 Å². The van der Waals surface area contributed by atoms with E-state index in [-0.39, 0.29) is 12.1 Å². The average molecular weight is 241 g/mol. The number of nitrogens with two attached hydrogens (primary N) is 1. The summed E-state index contributed by atoms with van der Waals surface area (Å²) in [6.45, 7) is 1.21. The highest BCUT2D eigenvalue weighted by Crippen LogP contribution is 2.18. The van der Waals surface area contributed by atoms with E-state index in [0.717, 1.165) is 6.42 Å². The summed E-state index contributed by atoms with van der Waals surface area (Å²) >= 11 is 5.79. The Morgan fingerprint density at radius 2 is 2.38 bits per heavy atom. The van der Waals surface area contributed by atoms with Crippen LogP contribution in [0.25, 0.3) is 0 Å². The summed E-state index contributed by atoms with van der Waals surface area (Å²) in [6.07, 6.45) is 0.459. The molecular formula is C11H13ClN2O2. The van der Waals surface area contributed by atoms with E-state index in [1.807, 2.05) is 0 Å². The Morgan fingerprint density at radius 3 is 3.00 bits per heavy atom. The Morgan fingerprint density at radius 1 is 1.56 bits per heavy atom. The maximum atomic E-state index is 11.7. The standard InChI is InChI=1S/C11H13ClN2O2/c12-8-2-1-3-10(6-8)16-11(15)14-5-4-9(13)7-14/h1-3,6,9H,4-5,7,13H2. The smallest absolute Gasteiger partial charge is 0.410 e. The van der Waals surface area contributed by atoms with Crippen molar-refractivity contribution >= 4 is 17.7 Å². The number of carbonyl (C=O) groups excluding carboxylic acids is 1. The van der Waals surface area contributed by atoms with Crippen LogP contribution in [0.4, 0.5) is 4.79 Å². The number of benzene rings is 1. The molecule has 1 aliphatic rings. The molecule has 1 amide bonds. The van der Waals surface area contributed by atoms with Gasteiger partial charge in [-0.05, 0) is 24.6 Å². The van der Waals surface area contributed by atoms with E-state index in [2.05, 4.69) is 0 Å². The molecule has 1 atom stereocenters. The zero-order chi connectivity index (χ0) is 11.5. The molecule has 86 valence electrons. The van der Waals surface area contributed by atoms with E-state index in [4.69, 9.17) is 22.1 Å². The van der Waals surface area contributed by atoms with Gasteiger partial charge in [-0.25, -0.2) is 4.79 Å². The van der Waals surface area contributed by atoms with Crippen molar-refractivity contribution < 1.29 is 9.53 Å². The minimum Gasteiger partial charge on any atom is -0.410 e. The van der Waals surface area contributed by atoms with Gasteiger partial charge in [0.1, 0.15) is 5.75 Å². The van der Waals surface area contributed by atoms with E-state index < -0.39 is 0 Å². The maximum absolute atomic E-state index is 11.7. The molecule has 5 heteroatoms. The van der Waals surface area contributed by atoms with Crippen LogP contribution in [0.5, 0.6) is 5.75 Å². The van der Waals surface area contributed by atoms with Crippen molar-refractivity contribution in [2.75, 3.05) is 13.1 Å². The molecule has 1 aromatic rings. The predicted octanol–water partition coefficient (Wildman–Crippen LogP) is 1.87. The number of halogens is 1. The summed E-state index contributed by atoms with van der Waals surface area (Å²) in [5, 5.41) is 0.545. The van der Waals surface area contributed by atoms with Gasteiger partial charge < -0.3 is 15.4 Å².